The molecule has 7 nitrogen and oxygen atoms in total. The molecule has 0 aromatic carbocycles. The summed E-state index contributed by atoms with van der Waals surface area (Å²) in [4.78, 5) is 21.9. The van der Waals surface area contributed by atoms with Gasteiger partial charge in [-0.1, -0.05) is 19.8 Å². The molecule has 4 atom stereocenters. The van der Waals surface area contributed by atoms with Crippen LogP contribution in [0.2, 0.25) is 0 Å². The molecule has 7 heteroatoms. The highest BCUT2D eigenvalue weighted by atomic mass is 16.4. The van der Waals surface area contributed by atoms with Gasteiger partial charge in [0, 0.05) is 6.42 Å². The minimum absolute atomic E-state index is 0.155. The Bertz CT molecular complexity index is 283. The molecule has 0 aliphatic heterocycles. The van der Waals surface area contributed by atoms with Crippen molar-refractivity contribution in [2.45, 2.75) is 57.0 Å². The monoisotopic (exact) mass is 263 g/mol. The lowest BCUT2D eigenvalue weighted by Gasteiger charge is -2.24. The zero-order valence-electron chi connectivity index (χ0n) is 10.3. The number of unbranched alkanes of at least 4 members (excludes halogenated alkanes) is 2. The Balaban J connectivity index is 4.35. The fourth-order valence-electron chi connectivity index (χ4n) is 1.45. The predicted octanol–water partition coefficient (Wildman–Crippen LogP) is -1.37. The molecule has 0 saturated carbocycles. The molecule has 6 N–H and O–H groups in total. The molecule has 0 aromatic rings. The molecule has 0 spiro atoms. The van der Waals surface area contributed by atoms with Crippen molar-refractivity contribution in [1.82, 2.24) is 0 Å². The van der Waals surface area contributed by atoms with Crippen LogP contribution in [0.25, 0.3) is 0 Å². The maximum Gasteiger partial charge on any atom is 0.335 e. The number of hydrogen-bond acceptors (Lipinski definition) is 6. The lowest BCUT2D eigenvalue weighted by molar-refractivity contribution is -0.159. The lowest BCUT2D eigenvalue weighted by Crippen LogP contribution is -2.53. The van der Waals surface area contributed by atoms with Crippen LogP contribution in [-0.4, -0.2) is 56.5 Å². The van der Waals surface area contributed by atoms with Crippen molar-refractivity contribution < 1.29 is 30.0 Å². The quantitative estimate of drug-likeness (QED) is 0.323. The molecular weight excluding hydrogens is 242 g/mol. The number of rotatable bonds is 9. The molecule has 0 rings (SSSR count). The van der Waals surface area contributed by atoms with Gasteiger partial charge in [-0.25, -0.2) is 4.79 Å². The highest BCUT2D eigenvalue weighted by Gasteiger charge is 2.35. The average molecular weight is 263 g/mol. The SMILES string of the molecule is CCCCCC(=O)[C@H](N)[C@@H](O)[C@H](O)[C@H](O)C(=O)O. The first-order valence-corrected chi connectivity index (χ1v) is 5.88. The van der Waals surface area contributed by atoms with Gasteiger partial charge in [0.25, 0.3) is 0 Å². The van der Waals surface area contributed by atoms with Crippen molar-refractivity contribution in [1.29, 1.82) is 0 Å². The number of hydrogen-bond donors (Lipinski definition) is 5. The average Bonchev–Trinajstić information content (AvgIpc) is 2.35. The molecule has 0 saturated heterocycles. The van der Waals surface area contributed by atoms with Crippen molar-refractivity contribution in [3.63, 3.8) is 0 Å². The van der Waals surface area contributed by atoms with E-state index >= 15 is 0 Å². The second kappa shape index (κ2) is 8.15. The summed E-state index contributed by atoms with van der Waals surface area (Å²) in [6.45, 7) is 1.96. The summed E-state index contributed by atoms with van der Waals surface area (Å²) in [5.74, 6) is -2.15. The summed E-state index contributed by atoms with van der Waals surface area (Å²) in [6, 6.07) is -1.40. The second-order valence-electron chi connectivity index (χ2n) is 4.21. The number of Topliss-reactive ketones (excluding diaryl/α,β-unsaturated/α-hetero) is 1. The largest absolute Gasteiger partial charge is 0.479 e. The van der Waals surface area contributed by atoms with Crippen LogP contribution in [0.4, 0.5) is 0 Å². The predicted molar refractivity (Wildman–Crippen MR) is 62.8 cm³/mol. The van der Waals surface area contributed by atoms with Gasteiger partial charge >= 0.3 is 5.97 Å². The number of aliphatic hydroxyl groups excluding tert-OH is 3. The number of carbonyl (C=O) groups excluding carboxylic acids is 1. The third-order valence-electron chi connectivity index (χ3n) is 2.69. The van der Waals surface area contributed by atoms with E-state index in [1.165, 1.54) is 0 Å². The first-order chi connectivity index (χ1) is 8.32. The zero-order valence-corrected chi connectivity index (χ0v) is 10.3. The third-order valence-corrected chi connectivity index (χ3v) is 2.69. The molecule has 0 aliphatic rings. The molecule has 0 radical (unpaired) electrons. The highest BCUT2D eigenvalue weighted by Crippen LogP contribution is 2.08. The van der Waals surface area contributed by atoms with Gasteiger partial charge in [0.05, 0.1) is 6.04 Å². The van der Waals surface area contributed by atoms with Crippen LogP contribution in [0.3, 0.4) is 0 Å². The smallest absolute Gasteiger partial charge is 0.335 e. The van der Waals surface area contributed by atoms with E-state index in [1.807, 2.05) is 6.92 Å². The molecule has 0 aliphatic carbocycles. The summed E-state index contributed by atoms with van der Waals surface area (Å²) in [7, 11) is 0. The van der Waals surface area contributed by atoms with Crippen molar-refractivity contribution >= 4 is 11.8 Å². The van der Waals surface area contributed by atoms with E-state index in [4.69, 9.17) is 15.9 Å². The Morgan fingerprint density at radius 3 is 2.11 bits per heavy atom. The Morgan fingerprint density at radius 2 is 1.67 bits per heavy atom. The molecule has 0 bridgehead atoms. The van der Waals surface area contributed by atoms with Crippen molar-refractivity contribution in [2.24, 2.45) is 5.73 Å². The number of carboxylic acid groups (broad SMARTS) is 1. The first kappa shape index (κ1) is 17.0. The van der Waals surface area contributed by atoms with E-state index in [1.54, 1.807) is 0 Å². The van der Waals surface area contributed by atoms with Crippen LogP contribution in [-0.2, 0) is 9.59 Å². The summed E-state index contributed by atoms with van der Waals surface area (Å²) in [6.07, 6.45) is -3.43. The molecule has 0 fully saturated rings. The van der Waals surface area contributed by atoms with Crippen molar-refractivity contribution in [3.05, 3.63) is 0 Å². The second-order valence-corrected chi connectivity index (χ2v) is 4.21. The topological polar surface area (TPSA) is 141 Å². The van der Waals surface area contributed by atoms with Crippen LogP contribution in [0.5, 0.6) is 0 Å². The van der Waals surface area contributed by atoms with Crippen molar-refractivity contribution in [3.8, 4) is 0 Å². The first-order valence-electron chi connectivity index (χ1n) is 5.88. The summed E-state index contributed by atoms with van der Waals surface area (Å²) >= 11 is 0. The number of carbonyl (C=O) groups is 2. The summed E-state index contributed by atoms with van der Waals surface area (Å²) < 4.78 is 0. The van der Waals surface area contributed by atoms with Gasteiger partial charge in [-0.15, -0.1) is 0 Å². The Morgan fingerprint density at radius 1 is 1.11 bits per heavy atom. The van der Waals surface area contributed by atoms with Gasteiger partial charge in [-0.2, -0.15) is 0 Å². The normalized spacial score (nSPS) is 17.8. The maximum atomic E-state index is 11.5. The molecule has 0 heterocycles. The van der Waals surface area contributed by atoms with Crippen LogP contribution >= 0.6 is 0 Å². The van der Waals surface area contributed by atoms with E-state index in [0.29, 0.717) is 6.42 Å². The van der Waals surface area contributed by atoms with Gasteiger partial charge in [0.15, 0.2) is 11.9 Å². The zero-order chi connectivity index (χ0) is 14.3. The molecule has 106 valence electrons. The Labute approximate surface area is 105 Å². The van der Waals surface area contributed by atoms with Crippen molar-refractivity contribution in [2.75, 3.05) is 0 Å². The molecular formula is C11H21NO6. The minimum atomic E-state index is -2.17. The van der Waals surface area contributed by atoms with Gasteiger partial charge in [0.2, 0.25) is 0 Å². The number of nitrogens with two attached hydrogens (primary N) is 1. The number of ketones is 1. The molecule has 0 aromatic heterocycles. The van der Waals surface area contributed by atoms with E-state index in [2.05, 4.69) is 0 Å². The fourth-order valence-corrected chi connectivity index (χ4v) is 1.45. The van der Waals surface area contributed by atoms with E-state index < -0.39 is 36.1 Å². The molecule has 0 amide bonds. The summed E-state index contributed by atoms with van der Waals surface area (Å²) in [5.41, 5.74) is 5.42. The Kier molecular flexibility index (Phi) is 7.69. The van der Waals surface area contributed by atoms with Crippen LogP contribution in [0, 0.1) is 0 Å². The van der Waals surface area contributed by atoms with Gasteiger partial charge in [-0.05, 0) is 6.42 Å². The minimum Gasteiger partial charge on any atom is -0.479 e. The van der Waals surface area contributed by atoms with Crippen LogP contribution in [0.1, 0.15) is 32.6 Å². The lowest BCUT2D eigenvalue weighted by atomic mass is 9.96. The standard InChI is InChI=1S/C11H21NO6/c1-2-3-4-5-6(13)7(12)8(14)9(15)10(16)11(17)18/h7-10,14-16H,2-5,12H2,1H3,(H,17,18)/t7-,8+,9-,10-/m0/s1. The van der Waals surface area contributed by atoms with Gasteiger partial charge in [-0.3, -0.25) is 4.79 Å². The Hall–Kier alpha value is -1.02. The fraction of sp³-hybridized carbons (Fsp3) is 0.818. The molecule has 18 heavy (non-hydrogen) atoms. The van der Waals surface area contributed by atoms with Crippen LogP contribution < -0.4 is 5.73 Å². The maximum absolute atomic E-state index is 11.5. The van der Waals surface area contributed by atoms with E-state index in [9.17, 15) is 19.8 Å². The van der Waals surface area contributed by atoms with Crippen LogP contribution in [0.15, 0.2) is 0 Å². The van der Waals surface area contributed by atoms with Gasteiger partial charge in [0.1, 0.15) is 12.2 Å². The highest BCUT2D eigenvalue weighted by molar-refractivity contribution is 5.84. The number of carboxylic acids is 1. The number of aliphatic carboxylic acids is 1. The number of aliphatic hydroxyl groups is 3. The summed E-state index contributed by atoms with van der Waals surface area (Å²) in [5, 5.41) is 36.3. The molecule has 0 unspecified atom stereocenters. The van der Waals surface area contributed by atoms with E-state index in [-0.39, 0.29) is 6.42 Å². The van der Waals surface area contributed by atoms with E-state index in [0.717, 1.165) is 12.8 Å². The van der Waals surface area contributed by atoms with Gasteiger partial charge < -0.3 is 26.2 Å². The third kappa shape index (κ3) is 5.09.